The summed E-state index contributed by atoms with van der Waals surface area (Å²) in [4.78, 5) is 17.0. The predicted molar refractivity (Wildman–Crippen MR) is 83.5 cm³/mol. The van der Waals surface area contributed by atoms with E-state index in [1.165, 1.54) is 0 Å². The van der Waals surface area contributed by atoms with E-state index in [4.69, 9.17) is 10.6 Å². The lowest BCUT2D eigenvalue weighted by molar-refractivity contribution is 0.0231. The lowest BCUT2D eigenvalue weighted by atomic mass is 10.1. The van der Waals surface area contributed by atoms with Crippen molar-refractivity contribution in [1.82, 2.24) is 9.99 Å². The molecule has 0 aliphatic heterocycles. The van der Waals surface area contributed by atoms with Crippen molar-refractivity contribution in [2.45, 2.75) is 32.9 Å². The van der Waals surface area contributed by atoms with Crippen molar-refractivity contribution in [1.29, 1.82) is 0 Å². The number of carbonyl (C=O) groups is 1. The standard InChI is InChI=1S/C15H19N3O2S/c1-15(2,3)20-14(19)18(16)9-11-4-6-12(7-5-11)13-8-17-10-21-13/h4-8,10H,9,16H2,1-3H3. The Morgan fingerprint density at radius 1 is 1.33 bits per heavy atom. The van der Waals surface area contributed by atoms with E-state index in [1.807, 2.05) is 51.2 Å². The van der Waals surface area contributed by atoms with Crippen molar-refractivity contribution in [3.63, 3.8) is 0 Å². The van der Waals surface area contributed by atoms with Gasteiger partial charge in [0.1, 0.15) is 5.60 Å². The van der Waals surface area contributed by atoms with Gasteiger partial charge in [-0.3, -0.25) is 4.98 Å². The molecule has 21 heavy (non-hydrogen) atoms. The molecular weight excluding hydrogens is 286 g/mol. The maximum Gasteiger partial charge on any atom is 0.424 e. The summed E-state index contributed by atoms with van der Waals surface area (Å²) in [7, 11) is 0. The van der Waals surface area contributed by atoms with Gasteiger partial charge >= 0.3 is 6.09 Å². The number of benzene rings is 1. The molecule has 5 nitrogen and oxygen atoms in total. The molecule has 2 aromatic rings. The van der Waals surface area contributed by atoms with Crippen LogP contribution in [0.15, 0.2) is 36.0 Å². The molecule has 6 heteroatoms. The summed E-state index contributed by atoms with van der Waals surface area (Å²) in [5.74, 6) is 5.74. The Kier molecular flexibility index (Phi) is 4.59. The maximum atomic E-state index is 11.8. The number of aromatic nitrogens is 1. The number of nitrogens with zero attached hydrogens (tertiary/aromatic N) is 2. The molecule has 0 saturated heterocycles. The number of rotatable bonds is 3. The van der Waals surface area contributed by atoms with Crippen LogP contribution in [0.3, 0.4) is 0 Å². The van der Waals surface area contributed by atoms with Gasteiger partial charge in [-0.15, -0.1) is 11.3 Å². The van der Waals surface area contributed by atoms with E-state index in [0.717, 1.165) is 21.0 Å². The summed E-state index contributed by atoms with van der Waals surface area (Å²) in [5.41, 5.74) is 3.29. The van der Waals surface area contributed by atoms with Crippen LogP contribution >= 0.6 is 11.3 Å². The van der Waals surface area contributed by atoms with Crippen LogP contribution in [0.5, 0.6) is 0 Å². The third kappa shape index (κ3) is 4.54. The highest BCUT2D eigenvalue weighted by atomic mass is 32.1. The van der Waals surface area contributed by atoms with Crippen LogP contribution in [0, 0.1) is 0 Å². The lowest BCUT2D eigenvalue weighted by Gasteiger charge is -2.24. The smallest absolute Gasteiger partial charge is 0.424 e. The normalized spacial score (nSPS) is 11.2. The summed E-state index contributed by atoms with van der Waals surface area (Å²) in [5, 5.41) is 1.08. The molecule has 2 rings (SSSR count). The Balaban J connectivity index is 1.98. The summed E-state index contributed by atoms with van der Waals surface area (Å²) >= 11 is 1.59. The van der Waals surface area contributed by atoms with Crippen molar-refractivity contribution in [2.24, 2.45) is 5.84 Å². The summed E-state index contributed by atoms with van der Waals surface area (Å²) < 4.78 is 5.21. The summed E-state index contributed by atoms with van der Waals surface area (Å²) in [6.07, 6.45) is 1.30. The van der Waals surface area contributed by atoms with Gasteiger partial charge in [0.15, 0.2) is 0 Å². The van der Waals surface area contributed by atoms with Crippen molar-refractivity contribution in [2.75, 3.05) is 0 Å². The number of thiazole rings is 1. The van der Waals surface area contributed by atoms with E-state index in [1.54, 1.807) is 16.8 Å². The van der Waals surface area contributed by atoms with Crippen LogP contribution < -0.4 is 5.84 Å². The first-order valence-corrected chi connectivity index (χ1v) is 7.46. The fourth-order valence-electron chi connectivity index (χ4n) is 1.71. The zero-order valence-electron chi connectivity index (χ0n) is 12.4. The molecule has 1 heterocycles. The molecule has 112 valence electrons. The van der Waals surface area contributed by atoms with Crippen LogP contribution in [-0.4, -0.2) is 21.7 Å². The molecule has 2 N–H and O–H groups in total. The van der Waals surface area contributed by atoms with Crippen molar-refractivity contribution in [3.8, 4) is 10.4 Å². The monoisotopic (exact) mass is 305 g/mol. The van der Waals surface area contributed by atoms with E-state index < -0.39 is 11.7 Å². The van der Waals surface area contributed by atoms with Gasteiger partial charge < -0.3 is 4.74 Å². The van der Waals surface area contributed by atoms with Gasteiger partial charge in [0.2, 0.25) is 0 Å². The average molecular weight is 305 g/mol. The molecule has 0 atom stereocenters. The first-order chi connectivity index (χ1) is 9.85. The number of carbonyl (C=O) groups excluding carboxylic acids is 1. The number of ether oxygens (including phenoxy) is 1. The number of hydrazine groups is 1. The van der Waals surface area contributed by atoms with E-state index in [2.05, 4.69) is 4.98 Å². The van der Waals surface area contributed by atoms with E-state index in [0.29, 0.717) is 6.54 Å². The molecule has 0 spiro atoms. The Hall–Kier alpha value is -1.92. The minimum absolute atomic E-state index is 0.303. The second kappa shape index (κ2) is 6.24. The first kappa shape index (κ1) is 15.5. The predicted octanol–water partition coefficient (Wildman–Crippen LogP) is 3.42. The molecule has 1 aromatic heterocycles. The minimum Gasteiger partial charge on any atom is -0.443 e. The fourth-order valence-corrected chi connectivity index (χ4v) is 2.34. The van der Waals surface area contributed by atoms with Gasteiger partial charge in [-0.25, -0.2) is 15.6 Å². The van der Waals surface area contributed by atoms with Crippen LogP contribution in [-0.2, 0) is 11.3 Å². The molecule has 1 aromatic carbocycles. The van der Waals surface area contributed by atoms with Gasteiger partial charge in [0.25, 0.3) is 0 Å². The first-order valence-electron chi connectivity index (χ1n) is 6.58. The third-order valence-electron chi connectivity index (χ3n) is 2.65. The van der Waals surface area contributed by atoms with E-state index >= 15 is 0 Å². The Morgan fingerprint density at radius 2 is 2.00 bits per heavy atom. The van der Waals surface area contributed by atoms with Gasteiger partial charge in [0.05, 0.1) is 16.9 Å². The molecule has 0 unspecified atom stereocenters. The topological polar surface area (TPSA) is 68.5 Å². The highest BCUT2D eigenvalue weighted by Crippen LogP contribution is 2.23. The summed E-state index contributed by atoms with van der Waals surface area (Å²) in [6.45, 7) is 5.73. The quantitative estimate of drug-likeness (QED) is 0.536. The van der Waals surface area contributed by atoms with Crippen molar-refractivity contribution >= 4 is 17.4 Å². The van der Waals surface area contributed by atoms with Gasteiger partial charge in [-0.1, -0.05) is 24.3 Å². The van der Waals surface area contributed by atoms with Crippen LogP contribution in [0.2, 0.25) is 0 Å². The second-order valence-corrected chi connectivity index (χ2v) is 6.56. The van der Waals surface area contributed by atoms with Gasteiger partial charge in [-0.05, 0) is 31.9 Å². The average Bonchev–Trinajstić information content (AvgIpc) is 2.91. The highest BCUT2D eigenvalue weighted by molar-refractivity contribution is 7.13. The fraction of sp³-hybridized carbons (Fsp3) is 0.333. The van der Waals surface area contributed by atoms with Crippen LogP contribution in [0.25, 0.3) is 10.4 Å². The molecule has 0 fully saturated rings. The zero-order chi connectivity index (χ0) is 15.5. The Labute approximate surface area is 128 Å². The lowest BCUT2D eigenvalue weighted by Crippen LogP contribution is -2.40. The number of hydrogen-bond acceptors (Lipinski definition) is 5. The molecular formula is C15H19N3O2S. The van der Waals surface area contributed by atoms with E-state index in [9.17, 15) is 4.79 Å². The van der Waals surface area contributed by atoms with Gasteiger partial charge in [0, 0.05) is 6.20 Å². The molecule has 0 radical (unpaired) electrons. The third-order valence-corrected chi connectivity index (χ3v) is 3.47. The highest BCUT2D eigenvalue weighted by Gasteiger charge is 2.20. The maximum absolute atomic E-state index is 11.8. The molecule has 0 bridgehead atoms. The molecule has 1 amide bonds. The molecule has 0 saturated carbocycles. The van der Waals surface area contributed by atoms with Crippen molar-refractivity contribution < 1.29 is 9.53 Å². The molecule has 0 aliphatic carbocycles. The van der Waals surface area contributed by atoms with Crippen LogP contribution in [0.4, 0.5) is 4.79 Å². The number of hydrogen-bond donors (Lipinski definition) is 1. The Bertz CT molecular complexity index is 588. The second-order valence-electron chi connectivity index (χ2n) is 5.67. The van der Waals surface area contributed by atoms with Crippen molar-refractivity contribution in [3.05, 3.63) is 41.5 Å². The Morgan fingerprint density at radius 3 is 2.52 bits per heavy atom. The largest absolute Gasteiger partial charge is 0.443 e. The minimum atomic E-state index is -0.551. The number of nitrogens with two attached hydrogens (primary N) is 1. The SMILES string of the molecule is CC(C)(C)OC(=O)N(N)Cc1ccc(-c2cncs2)cc1. The summed E-state index contributed by atoms with van der Waals surface area (Å²) in [6, 6.07) is 7.87. The molecule has 0 aliphatic rings. The van der Waals surface area contributed by atoms with Crippen LogP contribution in [0.1, 0.15) is 26.3 Å². The van der Waals surface area contributed by atoms with E-state index in [-0.39, 0.29) is 0 Å². The zero-order valence-corrected chi connectivity index (χ0v) is 13.2. The van der Waals surface area contributed by atoms with Gasteiger partial charge in [-0.2, -0.15) is 0 Å². The number of amides is 1.